The van der Waals surface area contributed by atoms with Crippen LogP contribution in [-0.2, 0) is 0 Å². The minimum atomic E-state index is -0.635. The zero-order valence-electron chi connectivity index (χ0n) is 9.01. The van der Waals surface area contributed by atoms with Crippen LogP contribution in [0.15, 0.2) is 18.2 Å². The molecule has 0 amide bonds. The van der Waals surface area contributed by atoms with Gasteiger partial charge in [0.05, 0.1) is 6.61 Å². The van der Waals surface area contributed by atoms with E-state index in [2.05, 4.69) is 5.32 Å². The van der Waals surface area contributed by atoms with Gasteiger partial charge in [-0.25, -0.2) is 8.78 Å². The van der Waals surface area contributed by atoms with E-state index in [1.807, 2.05) is 0 Å². The Labute approximate surface area is 93.6 Å². The molecule has 0 spiro atoms. The average Bonchev–Trinajstić information content (AvgIpc) is 2.30. The fourth-order valence-electron chi connectivity index (χ4n) is 1.89. The monoisotopic (exact) mass is 227 g/mol. The van der Waals surface area contributed by atoms with Gasteiger partial charge < -0.3 is 10.1 Å². The molecule has 1 saturated heterocycles. The fourth-order valence-corrected chi connectivity index (χ4v) is 1.89. The summed E-state index contributed by atoms with van der Waals surface area (Å²) in [6.07, 6.45) is 2.14. The first-order valence-corrected chi connectivity index (χ1v) is 5.55. The third kappa shape index (κ3) is 2.70. The molecule has 2 rings (SSSR count). The Balaban J connectivity index is 1.93. The number of ether oxygens (including phenoxy) is 1. The molecule has 0 aliphatic carbocycles. The van der Waals surface area contributed by atoms with E-state index in [0.29, 0.717) is 12.5 Å². The molecule has 1 unspecified atom stereocenters. The summed E-state index contributed by atoms with van der Waals surface area (Å²) in [4.78, 5) is 0. The Morgan fingerprint density at radius 2 is 2.06 bits per heavy atom. The van der Waals surface area contributed by atoms with E-state index in [1.165, 1.54) is 18.2 Å². The minimum absolute atomic E-state index is 0.256. The van der Waals surface area contributed by atoms with Crippen molar-refractivity contribution in [3.05, 3.63) is 29.8 Å². The lowest BCUT2D eigenvalue weighted by Crippen LogP contribution is -2.33. The van der Waals surface area contributed by atoms with Gasteiger partial charge in [-0.15, -0.1) is 0 Å². The summed E-state index contributed by atoms with van der Waals surface area (Å²) < 4.78 is 31.7. The molecular weight excluding hydrogens is 212 g/mol. The second-order valence-corrected chi connectivity index (χ2v) is 4.07. The predicted octanol–water partition coefficient (Wildman–Crippen LogP) is 2.34. The standard InChI is InChI=1S/C12H15F2NO/c13-10-4-1-5-11(14)12(10)16-8-9-3-2-6-15-7-9/h1,4-5,9,15H,2-3,6-8H2. The maximum absolute atomic E-state index is 13.2. The van der Waals surface area contributed by atoms with Crippen molar-refractivity contribution in [3.63, 3.8) is 0 Å². The maximum atomic E-state index is 13.2. The highest BCUT2D eigenvalue weighted by Crippen LogP contribution is 2.22. The molecule has 0 bridgehead atoms. The van der Waals surface area contributed by atoms with Crippen molar-refractivity contribution in [1.29, 1.82) is 0 Å². The van der Waals surface area contributed by atoms with Crippen molar-refractivity contribution in [1.82, 2.24) is 5.32 Å². The number of nitrogens with one attached hydrogen (secondary N) is 1. The van der Waals surface area contributed by atoms with Crippen LogP contribution in [0, 0.1) is 17.6 Å². The first kappa shape index (κ1) is 11.3. The van der Waals surface area contributed by atoms with Gasteiger partial charge in [0, 0.05) is 12.5 Å². The van der Waals surface area contributed by atoms with Gasteiger partial charge >= 0.3 is 0 Å². The highest BCUT2D eigenvalue weighted by atomic mass is 19.1. The fraction of sp³-hybridized carbons (Fsp3) is 0.500. The van der Waals surface area contributed by atoms with Crippen LogP contribution in [0.3, 0.4) is 0 Å². The third-order valence-corrected chi connectivity index (χ3v) is 2.78. The molecule has 1 fully saturated rings. The van der Waals surface area contributed by atoms with E-state index in [-0.39, 0.29) is 5.75 Å². The number of piperidine rings is 1. The van der Waals surface area contributed by atoms with E-state index >= 15 is 0 Å². The first-order chi connectivity index (χ1) is 7.77. The summed E-state index contributed by atoms with van der Waals surface area (Å²) in [6, 6.07) is 3.74. The molecular formula is C12H15F2NO. The minimum Gasteiger partial charge on any atom is -0.487 e. The molecule has 0 radical (unpaired) electrons. The van der Waals surface area contributed by atoms with Gasteiger partial charge in [0.1, 0.15) is 0 Å². The average molecular weight is 227 g/mol. The van der Waals surface area contributed by atoms with Crippen LogP contribution < -0.4 is 10.1 Å². The van der Waals surface area contributed by atoms with Crippen molar-refractivity contribution in [3.8, 4) is 5.75 Å². The summed E-state index contributed by atoms with van der Waals surface area (Å²) in [6.45, 7) is 2.24. The zero-order chi connectivity index (χ0) is 11.4. The van der Waals surface area contributed by atoms with Gasteiger partial charge in [0.15, 0.2) is 17.4 Å². The van der Waals surface area contributed by atoms with Crippen LogP contribution in [-0.4, -0.2) is 19.7 Å². The summed E-state index contributed by atoms with van der Waals surface area (Å²) in [5, 5.41) is 3.23. The zero-order valence-corrected chi connectivity index (χ0v) is 9.01. The van der Waals surface area contributed by atoms with Crippen LogP contribution in [0.1, 0.15) is 12.8 Å². The maximum Gasteiger partial charge on any atom is 0.190 e. The Kier molecular flexibility index (Phi) is 3.72. The van der Waals surface area contributed by atoms with E-state index < -0.39 is 11.6 Å². The van der Waals surface area contributed by atoms with E-state index in [4.69, 9.17) is 4.74 Å². The number of hydrogen-bond donors (Lipinski definition) is 1. The number of hydrogen-bond acceptors (Lipinski definition) is 2. The van der Waals surface area contributed by atoms with Gasteiger partial charge in [-0.3, -0.25) is 0 Å². The molecule has 1 aromatic carbocycles. The summed E-state index contributed by atoms with van der Waals surface area (Å²) in [7, 11) is 0. The highest BCUT2D eigenvalue weighted by molar-refractivity contribution is 5.25. The van der Waals surface area contributed by atoms with E-state index in [0.717, 1.165) is 25.9 Å². The van der Waals surface area contributed by atoms with Gasteiger partial charge in [-0.2, -0.15) is 0 Å². The first-order valence-electron chi connectivity index (χ1n) is 5.55. The Morgan fingerprint density at radius 3 is 2.69 bits per heavy atom. The predicted molar refractivity (Wildman–Crippen MR) is 57.4 cm³/mol. The van der Waals surface area contributed by atoms with Crippen LogP contribution in [0.5, 0.6) is 5.75 Å². The molecule has 4 heteroatoms. The Morgan fingerprint density at radius 1 is 1.31 bits per heavy atom. The summed E-state index contributed by atoms with van der Waals surface area (Å²) in [5.41, 5.74) is 0. The number of halogens is 2. The third-order valence-electron chi connectivity index (χ3n) is 2.78. The molecule has 0 saturated carbocycles. The summed E-state index contributed by atoms with van der Waals surface area (Å²) >= 11 is 0. The molecule has 1 atom stereocenters. The smallest absolute Gasteiger partial charge is 0.190 e. The van der Waals surface area contributed by atoms with Crippen LogP contribution in [0.25, 0.3) is 0 Å². The number of rotatable bonds is 3. The van der Waals surface area contributed by atoms with Crippen molar-refractivity contribution in [2.24, 2.45) is 5.92 Å². The summed E-state index contributed by atoms with van der Waals surface area (Å²) in [5.74, 6) is -1.19. The van der Waals surface area contributed by atoms with Crippen LogP contribution in [0.2, 0.25) is 0 Å². The molecule has 1 aliphatic heterocycles. The van der Waals surface area contributed by atoms with Gasteiger partial charge in [0.25, 0.3) is 0 Å². The quantitative estimate of drug-likeness (QED) is 0.855. The lowest BCUT2D eigenvalue weighted by atomic mass is 10.0. The molecule has 1 aliphatic rings. The largest absolute Gasteiger partial charge is 0.487 e. The second kappa shape index (κ2) is 5.25. The number of para-hydroxylation sites is 1. The molecule has 0 aromatic heterocycles. The molecule has 2 nitrogen and oxygen atoms in total. The van der Waals surface area contributed by atoms with Crippen molar-refractivity contribution < 1.29 is 13.5 Å². The lowest BCUT2D eigenvalue weighted by Gasteiger charge is -2.22. The molecule has 1 aromatic rings. The SMILES string of the molecule is Fc1cccc(F)c1OCC1CCCNC1. The topological polar surface area (TPSA) is 21.3 Å². The van der Waals surface area contributed by atoms with Gasteiger partial charge in [-0.1, -0.05) is 6.07 Å². The van der Waals surface area contributed by atoms with Crippen molar-refractivity contribution in [2.75, 3.05) is 19.7 Å². The van der Waals surface area contributed by atoms with E-state index in [1.54, 1.807) is 0 Å². The molecule has 1 heterocycles. The molecule has 1 N–H and O–H groups in total. The van der Waals surface area contributed by atoms with Gasteiger partial charge in [-0.05, 0) is 31.5 Å². The van der Waals surface area contributed by atoms with Gasteiger partial charge in [0.2, 0.25) is 0 Å². The molecule has 88 valence electrons. The Hall–Kier alpha value is -1.16. The van der Waals surface area contributed by atoms with E-state index in [9.17, 15) is 8.78 Å². The highest BCUT2D eigenvalue weighted by Gasteiger charge is 2.16. The van der Waals surface area contributed by atoms with Crippen LogP contribution in [0.4, 0.5) is 8.78 Å². The van der Waals surface area contributed by atoms with Crippen molar-refractivity contribution in [2.45, 2.75) is 12.8 Å². The molecule has 16 heavy (non-hydrogen) atoms. The van der Waals surface area contributed by atoms with Crippen molar-refractivity contribution >= 4 is 0 Å². The lowest BCUT2D eigenvalue weighted by molar-refractivity contribution is 0.204. The Bertz CT molecular complexity index is 331. The second-order valence-electron chi connectivity index (χ2n) is 4.07. The normalized spacial score (nSPS) is 20.8. The van der Waals surface area contributed by atoms with Crippen LogP contribution >= 0.6 is 0 Å². The number of benzene rings is 1.